The fourth-order valence-electron chi connectivity index (χ4n) is 2.42. The van der Waals surface area contributed by atoms with E-state index >= 15 is 0 Å². The second-order valence-corrected chi connectivity index (χ2v) is 9.71. The number of anilines is 2. The van der Waals surface area contributed by atoms with Gasteiger partial charge in [0.25, 0.3) is 10.0 Å². The number of para-hydroxylation sites is 1. The standard InChI is InChI=1S/C19H23BrN2O4S/c1-12-7-6-8-15(21-18(23)26-19(3,4)5)17(12)22-27(24,25)16-10-9-14(20)11-13(16)2/h6-11,22H,1-5H3,(H,21,23). The number of hydrogen-bond donors (Lipinski definition) is 2. The van der Waals surface area contributed by atoms with Crippen LogP contribution in [0.5, 0.6) is 0 Å². The number of rotatable bonds is 4. The van der Waals surface area contributed by atoms with Crippen molar-refractivity contribution in [1.29, 1.82) is 0 Å². The van der Waals surface area contributed by atoms with Crippen molar-refractivity contribution in [2.24, 2.45) is 0 Å². The van der Waals surface area contributed by atoms with E-state index in [1.165, 1.54) is 6.07 Å². The predicted octanol–water partition coefficient (Wildman–Crippen LogP) is 5.21. The number of sulfonamides is 1. The lowest BCUT2D eigenvalue weighted by Crippen LogP contribution is -2.27. The van der Waals surface area contributed by atoms with Gasteiger partial charge in [0.1, 0.15) is 5.60 Å². The number of ether oxygens (including phenoxy) is 1. The van der Waals surface area contributed by atoms with Crippen molar-refractivity contribution < 1.29 is 17.9 Å². The van der Waals surface area contributed by atoms with E-state index in [9.17, 15) is 13.2 Å². The average molecular weight is 455 g/mol. The third kappa shape index (κ3) is 5.71. The van der Waals surface area contributed by atoms with Crippen LogP contribution >= 0.6 is 15.9 Å². The Hall–Kier alpha value is -2.06. The number of nitrogens with one attached hydrogen (secondary N) is 2. The fraction of sp³-hybridized carbons (Fsp3) is 0.316. The smallest absolute Gasteiger partial charge is 0.412 e. The summed E-state index contributed by atoms with van der Waals surface area (Å²) in [6, 6.07) is 10.0. The molecule has 2 aromatic rings. The summed E-state index contributed by atoms with van der Waals surface area (Å²) in [7, 11) is -3.84. The van der Waals surface area contributed by atoms with E-state index in [1.54, 1.807) is 65.0 Å². The van der Waals surface area contributed by atoms with E-state index in [-0.39, 0.29) is 4.90 Å². The first-order valence-corrected chi connectivity index (χ1v) is 10.6. The predicted molar refractivity (Wildman–Crippen MR) is 111 cm³/mol. The highest BCUT2D eigenvalue weighted by molar-refractivity contribution is 9.10. The Morgan fingerprint density at radius 2 is 1.74 bits per heavy atom. The normalized spacial score (nSPS) is 11.8. The van der Waals surface area contributed by atoms with Crippen molar-refractivity contribution in [3.8, 4) is 0 Å². The van der Waals surface area contributed by atoms with Gasteiger partial charge in [-0.25, -0.2) is 13.2 Å². The monoisotopic (exact) mass is 454 g/mol. The number of aryl methyl sites for hydroxylation is 2. The van der Waals surface area contributed by atoms with Crippen molar-refractivity contribution in [3.05, 3.63) is 52.0 Å². The maximum absolute atomic E-state index is 12.9. The molecule has 0 aliphatic carbocycles. The molecule has 0 fully saturated rings. The van der Waals surface area contributed by atoms with E-state index < -0.39 is 21.7 Å². The van der Waals surface area contributed by atoms with Gasteiger partial charge in [0.05, 0.1) is 16.3 Å². The van der Waals surface area contributed by atoms with Gasteiger partial charge in [-0.05, 0) is 70.0 Å². The zero-order chi connectivity index (χ0) is 20.4. The lowest BCUT2D eigenvalue weighted by Gasteiger charge is -2.21. The summed E-state index contributed by atoms with van der Waals surface area (Å²) in [6.07, 6.45) is -0.659. The molecule has 146 valence electrons. The highest BCUT2D eigenvalue weighted by Crippen LogP contribution is 2.30. The van der Waals surface area contributed by atoms with Gasteiger partial charge < -0.3 is 4.74 Å². The molecule has 1 amide bonds. The molecule has 0 atom stereocenters. The SMILES string of the molecule is Cc1cc(Br)ccc1S(=O)(=O)Nc1c(C)cccc1NC(=O)OC(C)(C)C. The van der Waals surface area contributed by atoms with Crippen LogP contribution in [0.4, 0.5) is 16.2 Å². The molecule has 0 saturated heterocycles. The molecule has 0 bridgehead atoms. The van der Waals surface area contributed by atoms with Crippen LogP contribution in [-0.2, 0) is 14.8 Å². The van der Waals surface area contributed by atoms with Crippen LogP contribution in [0.15, 0.2) is 45.8 Å². The third-order valence-corrected chi connectivity index (χ3v) is 5.57. The van der Waals surface area contributed by atoms with Crippen LogP contribution in [-0.4, -0.2) is 20.1 Å². The van der Waals surface area contributed by atoms with Crippen molar-refractivity contribution in [3.63, 3.8) is 0 Å². The van der Waals surface area contributed by atoms with E-state index in [1.807, 2.05) is 0 Å². The number of amides is 1. The molecular weight excluding hydrogens is 432 g/mol. The quantitative estimate of drug-likeness (QED) is 0.663. The second-order valence-electron chi connectivity index (χ2n) is 7.14. The zero-order valence-corrected chi connectivity index (χ0v) is 18.3. The molecule has 8 heteroatoms. The van der Waals surface area contributed by atoms with E-state index in [0.29, 0.717) is 22.5 Å². The Morgan fingerprint density at radius 1 is 1.07 bits per heavy atom. The van der Waals surface area contributed by atoms with Crippen LogP contribution in [0.2, 0.25) is 0 Å². The van der Waals surface area contributed by atoms with E-state index in [0.717, 1.165) is 4.47 Å². The van der Waals surface area contributed by atoms with Gasteiger partial charge in [0, 0.05) is 4.47 Å². The maximum Gasteiger partial charge on any atom is 0.412 e. The van der Waals surface area contributed by atoms with Crippen LogP contribution in [0, 0.1) is 13.8 Å². The van der Waals surface area contributed by atoms with Crippen molar-refractivity contribution in [2.45, 2.75) is 45.1 Å². The highest BCUT2D eigenvalue weighted by Gasteiger charge is 2.22. The number of benzene rings is 2. The lowest BCUT2D eigenvalue weighted by atomic mass is 10.2. The molecule has 0 aliphatic heterocycles. The first-order valence-electron chi connectivity index (χ1n) is 8.27. The minimum atomic E-state index is -3.84. The first kappa shape index (κ1) is 21.2. The van der Waals surface area contributed by atoms with Gasteiger partial charge in [-0.1, -0.05) is 28.1 Å². The molecule has 6 nitrogen and oxygen atoms in total. The van der Waals surface area contributed by atoms with Gasteiger partial charge in [-0.15, -0.1) is 0 Å². The first-order chi connectivity index (χ1) is 12.4. The summed E-state index contributed by atoms with van der Waals surface area (Å²) in [5.74, 6) is 0. The molecule has 2 rings (SSSR count). The minimum absolute atomic E-state index is 0.164. The lowest BCUT2D eigenvalue weighted by molar-refractivity contribution is 0.0636. The van der Waals surface area contributed by atoms with Gasteiger partial charge in [0.15, 0.2) is 0 Å². The average Bonchev–Trinajstić information content (AvgIpc) is 2.48. The van der Waals surface area contributed by atoms with Gasteiger partial charge >= 0.3 is 6.09 Å². The summed E-state index contributed by atoms with van der Waals surface area (Å²) < 4.78 is 34.4. The topological polar surface area (TPSA) is 84.5 Å². The minimum Gasteiger partial charge on any atom is -0.444 e. The number of carbonyl (C=O) groups excluding carboxylic acids is 1. The Bertz CT molecular complexity index is 966. The zero-order valence-electron chi connectivity index (χ0n) is 15.9. The number of carbonyl (C=O) groups is 1. The molecule has 0 aromatic heterocycles. The Morgan fingerprint density at radius 3 is 2.33 bits per heavy atom. The fourth-order valence-corrected chi connectivity index (χ4v) is 4.28. The molecule has 2 N–H and O–H groups in total. The second kappa shape index (κ2) is 7.90. The molecule has 27 heavy (non-hydrogen) atoms. The third-order valence-electron chi connectivity index (χ3n) is 3.57. The molecule has 0 heterocycles. The molecular formula is C19H23BrN2O4S. The van der Waals surface area contributed by atoms with E-state index in [2.05, 4.69) is 26.0 Å². The Balaban J connectivity index is 2.37. The van der Waals surface area contributed by atoms with Crippen LogP contribution in [0.3, 0.4) is 0 Å². The van der Waals surface area contributed by atoms with Crippen molar-refractivity contribution >= 4 is 43.4 Å². The molecule has 0 spiro atoms. The van der Waals surface area contributed by atoms with Gasteiger partial charge in [0.2, 0.25) is 0 Å². The summed E-state index contributed by atoms with van der Waals surface area (Å²) in [6.45, 7) is 8.73. The van der Waals surface area contributed by atoms with Crippen LogP contribution in [0.1, 0.15) is 31.9 Å². The molecule has 2 aromatic carbocycles. The summed E-state index contributed by atoms with van der Waals surface area (Å²) in [5.41, 5.74) is 1.23. The van der Waals surface area contributed by atoms with Crippen LogP contribution in [0.25, 0.3) is 0 Å². The molecule has 0 radical (unpaired) electrons. The van der Waals surface area contributed by atoms with Gasteiger partial charge in [-0.2, -0.15) is 0 Å². The summed E-state index contributed by atoms with van der Waals surface area (Å²) in [5, 5.41) is 2.61. The Kier molecular flexibility index (Phi) is 6.21. The van der Waals surface area contributed by atoms with E-state index in [4.69, 9.17) is 4.74 Å². The van der Waals surface area contributed by atoms with Gasteiger partial charge in [-0.3, -0.25) is 10.0 Å². The Labute approximate surface area is 168 Å². The number of hydrogen-bond acceptors (Lipinski definition) is 4. The molecule has 0 saturated carbocycles. The van der Waals surface area contributed by atoms with Crippen molar-refractivity contribution in [2.75, 3.05) is 10.0 Å². The number of halogens is 1. The largest absolute Gasteiger partial charge is 0.444 e. The summed E-state index contributed by atoms with van der Waals surface area (Å²) >= 11 is 3.33. The van der Waals surface area contributed by atoms with Crippen molar-refractivity contribution in [1.82, 2.24) is 0 Å². The van der Waals surface area contributed by atoms with Crippen LogP contribution < -0.4 is 10.0 Å². The highest BCUT2D eigenvalue weighted by atomic mass is 79.9. The maximum atomic E-state index is 12.9. The molecule has 0 aliphatic rings. The molecule has 0 unspecified atom stereocenters. The summed E-state index contributed by atoms with van der Waals surface area (Å²) in [4.78, 5) is 12.3.